The quantitative estimate of drug-likeness (QED) is 0.478. The molecule has 0 spiro atoms. The fourth-order valence-electron chi connectivity index (χ4n) is 3.52. The normalized spacial score (nSPS) is 10.7. The highest BCUT2D eigenvalue weighted by Crippen LogP contribution is 2.35. The topological polar surface area (TPSA) is 62.6 Å². The Morgan fingerprint density at radius 1 is 0.967 bits per heavy atom. The summed E-state index contributed by atoms with van der Waals surface area (Å²) in [6.45, 7) is 4.72. The van der Waals surface area contributed by atoms with E-state index in [1.54, 1.807) is 14.2 Å². The Hall–Kier alpha value is -3.28. The van der Waals surface area contributed by atoms with Gasteiger partial charge in [0.25, 0.3) is 0 Å². The van der Waals surface area contributed by atoms with Crippen LogP contribution in [-0.2, 0) is 22.5 Å². The molecule has 0 aliphatic rings. The van der Waals surface area contributed by atoms with Gasteiger partial charge in [-0.3, -0.25) is 9.48 Å². The lowest BCUT2D eigenvalue weighted by molar-refractivity contribution is -0.143. The number of rotatable bonds is 9. The van der Waals surface area contributed by atoms with Crippen LogP contribution in [0.5, 0.6) is 11.5 Å². The molecular formula is C24H28N2O4. The molecule has 6 heteroatoms. The number of methoxy groups -OCH3 is 2. The largest absolute Gasteiger partial charge is 0.497 e. The van der Waals surface area contributed by atoms with E-state index in [1.165, 1.54) is 0 Å². The number of benzene rings is 2. The molecule has 0 unspecified atom stereocenters. The number of hydrogen-bond donors (Lipinski definition) is 0. The summed E-state index contributed by atoms with van der Waals surface area (Å²) in [5.74, 6) is 1.32. The molecule has 3 rings (SSSR count). The van der Waals surface area contributed by atoms with Crippen molar-refractivity contribution in [3.63, 3.8) is 0 Å². The lowest BCUT2D eigenvalue weighted by Crippen LogP contribution is -2.11. The summed E-state index contributed by atoms with van der Waals surface area (Å²) in [7, 11) is 3.30. The summed E-state index contributed by atoms with van der Waals surface area (Å²) in [6, 6.07) is 15.8. The van der Waals surface area contributed by atoms with E-state index in [-0.39, 0.29) is 12.4 Å². The van der Waals surface area contributed by atoms with Gasteiger partial charge < -0.3 is 14.2 Å². The Morgan fingerprint density at radius 2 is 1.60 bits per heavy atom. The molecule has 3 aromatic rings. The molecule has 158 valence electrons. The van der Waals surface area contributed by atoms with Crippen molar-refractivity contribution in [2.45, 2.75) is 33.2 Å². The van der Waals surface area contributed by atoms with Crippen molar-refractivity contribution >= 4 is 5.97 Å². The molecule has 1 aromatic heterocycles. The van der Waals surface area contributed by atoms with Crippen LogP contribution in [0.25, 0.3) is 22.5 Å². The standard InChI is InChI=1S/C24H28N2O4/c1-5-21-23(17-9-7-11-19(15-17)28-3)25-26(14-13-22(27)30-6-2)24(21)18-10-8-12-20(16-18)29-4/h7-12,15-16H,5-6,13-14H2,1-4H3. The number of ether oxygens (including phenoxy) is 3. The first-order valence-electron chi connectivity index (χ1n) is 10.1. The third kappa shape index (κ3) is 4.64. The summed E-state index contributed by atoms with van der Waals surface area (Å²) in [4.78, 5) is 12.0. The van der Waals surface area contributed by atoms with Gasteiger partial charge in [-0.1, -0.05) is 31.2 Å². The fraction of sp³-hybridized carbons (Fsp3) is 0.333. The van der Waals surface area contributed by atoms with Crippen LogP contribution < -0.4 is 9.47 Å². The van der Waals surface area contributed by atoms with E-state index in [1.807, 2.05) is 60.1 Å². The maximum absolute atomic E-state index is 12.0. The molecule has 0 saturated carbocycles. The second-order valence-corrected chi connectivity index (χ2v) is 6.77. The first-order chi connectivity index (χ1) is 14.6. The van der Waals surface area contributed by atoms with Crippen molar-refractivity contribution in [1.29, 1.82) is 0 Å². The van der Waals surface area contributed by atoms with Crippen LogP contribution in [0.2, 0.25) is 0 Å². The molecule has 0 aliphatic heterocycles. The van der Waals surface area contributed by atoms with Crippen LogP contribution in [0.1, 0.15) is 25.8 Å². The summed E-state index contributed by atoms with van der Waals surface area (Å²) >= 11 is 0. The van der Waals surface area contributed by atoms with Crippen molar-refractivity contribution < 1.29 is 19.0 Å². The van der Waals surface area contributed by atoms with E-state index >= 15 is 0 Å². The number of hydrogen-bond acceptors (Lipinski definition) is 5. The van der Waals surface area contributed by atoms with Gasteiger partial charge in [-0.2, -0.15) is 5.10 Å². The molecule has 6 nitrogen and oxygen atoms in total. The van der Waals surface area contributed by atoms with Crippen LogP contribution in [0.3, 0.4) is 0 Å². The number of aromatic nitrogens is 2. The van der Waals surface area contributed by atoms with Gasteiger partial charge in [-0.05, 0) is 37.6 Å². The first-order valence-corrected chi connectivity index (χ1v) is 10.1. The second kappa shape index (κ2) is 9.96. The van der Waals surface area contributed by atoms with E-state index in [2.05, 4.69) is 6.92 Å². The molecule has 0 atom stereocenters. The maximum atomic E-state index is 12.0. The highest BCUT2D eigenvalue weighted by atomic mass is 16.5. The molecule has 0 amide bonds. The van der Waals surface area contributed by atoms with Crippen LogP contribution in [0.4, 0.5) is 0 Å². The molecule has 30 heavy (non-hydrogen) atoms. The highest BCUT2D eigenvalue weighted by molar-refractivity contribution is 5.76. The van der Waals surface area contributed by atoms with E-state index in [0.717, 1.165) is 46.0 Å². The summed E-state index contributed by atoms with van der Waals surface area (Å²) in [5.41, 5.74) is 4.96. The smallest absolute Gasteiger partial charge is 0.307 e. The zero-order chi connectivity index (χ0) is 21.5. The van der Waals surface area contributed by atoms with Gasteiger partial charge in [0, 0.05) is 16.7 Å². The fourth-order valence-corrected chi connectivity index (χ4v) is 3.52. The summed E-state index contributed by atoms with van der Waals surface area (Å²) in [5, 5.41) is 4.90. The van der Waals surface area contributed by atoms with E-state index < -0.39 is 0 Å². The van der Waals surface area contributed by atoms with Crippen LogP contribution >= 0.6 is 0 Å². The van der Waals surface area contributed by atoms with Crippen molar-refractivity contribution in [3.05, 3.63) is 54.1 Å². The van der Waals surface area contributed by atoms with E-state index in [9.17, 15) is 4.79 Å². The molecule has 0 fully saturated rings. The maximum Gasteiger partial charge on any atom is 0.307 e. The minimum atomic E-state index is -0.231. The van der Waals surface area contributed by atoms with Crippen molar-refractivity contribution in [2.24, 2.45) is 0 Å². The average molecular weight is 408 g/mol. The Balaban J connectivity index is 2.13. The third-order valence-electron chi connectivity index (χ3n) is 4.92. The Morgan fingerprint density at radius 3 is 2.20 bits per heavy atom. The minimum absolute atomic E-state index is 0.231. The zero-order valence-electron chi connectivity index (χ0n) is 18.0. The van der Waals surface area contributed by atoms with E-state index in [0.29, 0.717) is 13.2 Å². The molecule has 0 bridgehead atoms. The molecule has 1 heterocycles. The average Bonchev–Trinajstić information content (AvgIpc) is 3.16. The Bertz CT molecular complexity index is 1010. The lowest BCUT2D eigenvalue weighted by Gasteiger charge is -2.11. The monoisotopic (exact) mass is 408 g/mol. The summed E-state index contributed by atoms with van der Waals surface area (Å²) in [6.07, 6.45) is 1.05. The van der Waals surface area contributed by atoms with Gasteiger partial charge >= 0.3 is 5.97 Å². The van der Waals surface area contributed by atoms with Gasteiger partial charge in [0.15, 0.2) is 0 Å². The highest BCUT2D eigenvalue weighted by Gasteiger charge is 2.20. The number of carbonyl (C=O) groups is 1. The predicted octanol–water partition coefficient (Wildman–Crippen LogP) is 4.75. The van der Waals surface area contributed by atoms with E-state index in [4.69, 9.17) is 19.3 Å². The number of nitrogens with zero attached hydrogens (tertiary/aromatic N) is 2. The van der Waals surface area contributed by atoms with Gasteiger partial charge in [0.2, 0.25) is 0 Å². The predicted molar refractivity (Wildman–Crippen MR) is 117 cm³/mol. The second-order valence-electron chi connectivity index (χ2n) is 6.77. The van der Waals surface area contributed by atoms with Gasteiger partial charge in [-0.15, -0.1) is 0 Å². The number of esters is 1. The molecule has 0 saturated heterocycles. The molecular weight excluding hydrogens is 380 g/mol. The van der Waals surface area contributed by atoms with Crippen molar-refractivity contribution in [3.8, 4) is 34.0 Å². The molecule has 2 aromatic carbocycles. The van der Waals surface area contributed by atoms with Crippen LogP contribution in [-0.4, -0.2) is 36.6 Å². The summed E-state index contributed by atoms with van der Waals surface area (Å²) < 4.78 is 17.8. The van der Waals surface area contributed by atoms with Crippen LogP contribution in [0.15, 0.2) is 48.5 Å². The number of carbonyl (C=O) groups excluding carboxylic acids is 1. The lowest BCUT2D eigenvalue weighted by atomic mass is 9.99. The molecule has 0 radical (unpaired) electrons. The molecule has 0 N–H and O–H groups in total. The van der Waals surface area contributed by atoms with Crippen LogP contribution in [0, 0.1) is 0 Å². The molecule has 0 aliphatic carbocycles. The Kier molecular flexibility index (Phi) is 7.12. The zero-order valence-corrected chi connectivity index (χ0v) is 18.0. The van der Waals surface area contributed by atoms with Gasteiger partial charge in [0.1, 0.15) is 11.5 Å². The number of aryl methyl sites for hydroxylation is 1. The SMILES string of the molecule is CCOC(=O)CCn1nc(-c2cccc(OC)c2)c(CC)c1-c1cccc(OC)c1. The van der Waals surface area contributed by atoms with Crippen molar-refractivity contribution in [2.75, 3.05) is 20.8 Å². The van der Waals surface area contributed by atoms with Gasteiger partial charge in [0.05, 0.1) is 45.2 Å². The Labute approximate surface area is 177 Å². The first kappa shape index (κ1) is 21.4. The third-order valence-corrected chi connectivity index (χ3v) is 4.92. The minimum Gasteiger partial charge on any atom is -0.497 e. The van der Waals surface area contributed by atoms with Crippen molar-refractivity contribution in [1.82, 2.24) is 9.78 Å². The van der Waals surface area contributed by atoms with Gasteiger partial charge in [-0.25, -0.2) is 0 Å².